The molecule has 2 rings (SSSR count). The third-order valence-corrected chi connectivity index (χ3v) is 3.72. The van der Waals surface area contributed by atoms with E-state index in [4.69, 9.17) is 23.2 Å². The Kier molecular flexibility index (Phi) is 5.79. The van der Waals surface area contributed by atoms with Crippen LogP contribution in [0.4, 0.5) is 0 Å². The minimum Gasteiger partial charge on any atom is -0.273 e. The predicted molar refractivity (Wildman–Crippen MR) is 90.0 cm³/mol. The van der Waals surface area contributed by atoms with Crippen LogP contribution in [0.15, 0.2) is 52.0 Å². The van der Waals surface area contributed by atoms with E-state index in [2.05, 4.69) is 26.5 Å². The molecule has 3 nitrogen and oxygen atoms in total. The summed E-state index contributed by atoms with van der Waals surface area (Å²) in [5.41, 5.74) is 4.06. The molecular formula is C15H11BrCl2N2O. The highest BCUT2D eigenvalue weighted by Crippen LogP contribution is 2.19. The molecule has 1 amide bonds. The lowest BCUT2D eigenvalue weighted by molar-refractivity contribution is -0.120. The second-order valence-electron chi connectivity index (χ2n) is 4.26. The van der Waals surface area contributed by atoms with Crippen molar-refractivity contribution in [3.63, 3.8) is 0 Å². The molecule has 0 radical (unpaired) electrons. The van der Waals surface area contributed by atoms with E-state index >= 15 is 0 Å². The highest BCUT2D eigenvalue weighted by Gasteiger charge is 2.02. The average molecular weight is 386 g/mol. The molecular weight excluding hydrogens is 375 g/mol. The Hall–Kier alpha value is -1.36. The fourth-order valence-corrected chi connectivity index (χ4v) is 2.33. The van der Waals surface area contributed by atoms with Gasteiger partial charge in [-0.15, -0.1) is 0 Å². The van der Waals surface area contributed by atoms with Gasteiger partial charge in [0, 0.05) is 15.1 Å². The first-order valence-corrected chi connectivity index (χ1v) is 7.61. The second kappa shape index (κ2) is 7.59. The third kappa shape index (κ3) is 5.16. The van der Waals surface area contributed by atoms with Gasteiger partial charge in [-0.25, -0.2) is 5.43 Å². The first kappa shape index (κ1) is 16.0. The molecule has 2 aromatic rings. The third-order valence-electron chi connectivity index (χ3n) is 2.63. The number of nitrogens with one attached hydrogen (secondary N) is 1. The second-order valence-corrected chi connectivity index (χ2v) is 6.02. The minimum absolute atomic E-state index is 0.196. The summed E-state index contributed by atoms with van der Waals surface area (Å²) in [5, 5.41) is 4.92. The van der Waals surface area contributed by atoms with Gasteiger partial charge in [0.15, 0.2) is 0 Å². The fourth-order valence-electron chi connectivity index (χ4n) is 1.61. The van der Waals surface area contributed by atoms with E-state index in [0.717, 1.165) is 10.0 Å². The lowest BCUT2D eigenvalue weighted by Gasteiger charge is -2.01. The number of hydrogen-bond acceptors (Lipinski definition) is 2. The van der Waals surface area contributed by atoms with Gasteiger partial charge < -0.3 is 0 Å². The van der Waals surface area contributed by atoms with Gasteiger partial charge in [0.1, 0.15) is 0 Å². The van der Waals surface area contributed by atoms with Gasteiger partial charge in [-0.1, -0.05) is 57.3 Å². The average Bonchev–Trinajstić information content (AvgIpc) is 2.44. The molecule has 21 heavy (non-hydrogen) atoms. The minimum atomic E-state index is -0.196. The number of amides is 1. The van der Waals surface area contributed by atoms with E-state index in [1.807, 2.05) is 24.3 Å². The molecule has 0 bridgehead atoms. The van der Waals surface area contributed by atoms with Crippen molar-refractivity contribution in [2.24, 2.45) is 5.10 Å². The molecule has 0 heterocycles. The summed E-state index contributed by atoms with van der Waals surface area (Å²) in [6, 6.07) is 12.6. The van der Waals surface area contributed by atoms with Crippen LogP contribution in [0.5, 0.6) is 0 Å². The maximum Gasteiger partial charge on any atom is 0.244 e. The van der Waals surface area contributed by atoms with Crippen LogP contribution in [-0.4, -0.2) is 12.1 Å². The van der Waals surface area contributed by atoms with E-state index in [9.17, 15) is 4.79 Å². The Morgan fingerprint density at radius 3 is 2.57 bits per heavy atom. The van der Waals surface area contributed by atoms with E-state index < -0.39 is 0 Å². The fraction of sp³-hybridized carbons (Fsp3) is 0.0667. The quantitative estimate of drug-likeness (QED) is 0.613. The molecule has 2 aromatic carbocycles. The first-order chi connectivity index (χ1) is 10.0. The van der Waals surface area contributed by atoms with Crippen LogP contribution in [0.3, 0.4) is 0 Å². The van der Waals surface area contributed by atoms with E-state index in [1.54, 1.807) is 18.2 Å². The molecule has 0 saturated heterocycles. The van der Waals surface area contributed by atoms with Gasteiger partial charge in [-0.2, -0.15) is 5.10 Å². The molecule has 108 valence electrons. The van der Waals surface area contributed by atoms with Crippen LogP contribution >= 0.6 is 39.1 Å². The molecule has 6 heteroatoms. The predicted octanol–water partition coefficient (Wildman–Crippen LogP) is 4.45. The molecule has 1 N–H and O–H groups in total. The SMILES string of the molecule is O=C(Cc1ccc(Br)cc1)NN=Cc1ccc(Cl)cc1Cl. The van der Waals surface area contributed by atoms with Crippen molar-refractivity contribution in [2.75, 3.05) is 0 Å². The Balaban J connectivity index is 1.91. The molecule has 0 aliphatic carbocycles. The number of hydrazone groups is 1. The first-order valence-electron chi connectivity index (χ1n) is 6.06. The Morgan fingerprint density at radius 1 is 1.19 bits per heavy atom. The Bertz CT molecular complexity index is 672. The zero-order valence-corrected chi connectivity index (χ0v) is 13.9. The molecule has 0 aliphatic rings. The van der Waals surface area contributed by atoms with Gasteiger partial charge >= 0.3 is 0 Å². The van der Waals surface area contributed by atoms with Crippen molar-refractivity contribution in [3.8, 4) is 0 Å². The molecule has 0 saturated carbocycles. The molecule has 0 atom stereocenters. The van der Waals surface area contributed by atoms with Crippen LogP contribution < -0.4 is 5.43 Å². The van der Waals surface area contributed by atoms with Crippen molar-refractivity contribution in [1.29, 1.82) is 0 Å². The standard InChI is InChI=1S/C15H11BrCl2N2O/c16-12-4-1-10(2-5-12)7-15(21)20-19-9-11-3-6-13(17)8-14(11)18/h1-6,8-9H,7H2,(H,20,21). The van der Waals surface area contributed by atoms with Gasteiger partial charge in [-0.3, -0.25) is 4.79 Å². The molecule has 0 spiro atoms. The van der Waals surface area contributed by atoms with Gasteiger partial charge in [0.05, 0.1) is 17.7 Å². The van der Waals surface area contributed by atoms with Crippen molar-refractivity contribution in [3.05, 3.63) is 68.1 Å². The van der Waals surface area contributed by atoms with E-state index in [1.165, 1.54) is 6.21 Å². The van der Waals surface area contributed by atoms with Crippen LogP contribution in [0.25, 0.3) is 0 Å². The number of rotatable bonds is 4. The van der Waals surface area contributed by atoms with E-state index in [0.29, 0.717) is 15.6 Å². The number of benzene rings is 2. The van der Waals surface area contributed by atoms with Crippen LogP contribution in [-0.2, 0) is 11.2 Å². The molecule has 0 unspecified atom stereocenters. The van der Waals surface area contributed by atoms with Crippen LogP contribution in [0.2, 0.25) is 10.0 Å². The van der Waals surface area contributed by atoms with Gasteiger partial charge in [0.2, 0.25) is 5.91 Å². The van der Waals surface area contributed by atoms with Crippen molar-refractivity contribution in [2.45, 2.75) is 6.42 Å². The Labute approximate surface area is 141 Å². The van der Waals surface area contributed by atoms with Crippen LogP contribution in [0.1, 0.15) is 11.1 Å². The monoisotopic (exact) mass is 384 g/mol. The molecule has 0 aromatic heterocycles. The van der Waals surface area contributed by atoms with Gasteiger partial charge in [-0.05, 0) is 29.8 Å². The largest absolute Gasteiger partial charge is 0.273 e. The number of halogens is 3. The van der Waals surface area contributed by atoms with Crippen molar-refractivity contribution < 1.29 is 4.79 Å². The highest BCUT2D eigenvalue weighted by molar-refractivity contribution is 9.10. The topological polar surface area (TPSA) is 41.5 Å². The van der Waals surface area contributed by atoms with Crippen LogP contribution in [0, 0.1) is 0 Å². The molecule has 0 aliphatic heterocycles. The summed E-state index contributed by atoms with van der Waals surface area (Å²) in [4.78, 5) is 11.7. The number of carbonyl (C=O) groups is 1. The maximum absolute atomic E-state index is 11.7. The summed E-state index contributed by atoms with van der Waals surface area (Å²) in [7, 11) is 0. The summed E-state index contributed by atoms with van der Waals surface area (Å²) in [6.07, 6.45) is 1.75. The van der Waals surface area contributed by atoms with E-state index in [-0.39, 0.29) is 12.3 Å². The smallest absolute Gasteiger partial charge is 0.244 e. The summed E-state index contributed by atoms with van der Waals surface area (Å²) >= 11 is 15.1. The Morgan fingerprint density at radius 2 is 1.90 bits per heavy atom. The lowest BCUT2D eigenvalue weighted by atomic mass is 10.1. The zero-order chi connectivity index (χ0) is 15.2. The number of nitrogens with zero attached hydrogens (tertiary/aromatic N) is 1. The normalized spacial score (nSPS) is 10.8. The van der Waals surface area contributed by atoms with Gasteiger partial charge in [0.25, 0.3) is 0 Å². The summed E-state index contributed by atoms with van der Waals surface area (Å²) in [5.74, 6) is -0.196. The van der Waals surface area contributed by atoms with Crippen molar-refractivity contribution in [1.82, 2.24) is 5.43 Å². The maximum atomic E-state index is 11.7. The van der Waals surface area contributed by atoms with Crippen molar-refractivity contribution >= 4 is 51.3 Å². The zero-order valence-electron chi connectivity index (χ0n) is 10.8. The highest BCUT2D eigenvalue weighted by atomic mass is 79.9. The number of hydrogen-bond donors (Lipinski definition) is 1. The summed E-state index contributed by atoms with van der Waals surface area (Å²) < 4.78 is 0.974. The summed E-state index contributed by atoms with van der Waals surface area (Å²) in [6.45, 7) is 0. The molecule has 0 fully saturated rings. The lowest BCUT2D eigenvalue weighted by Crippen LogP contribution is -2.19. The number of carbonyl (C=O) groups excluding carboxylic acids is 1.